The zero-order valence-electron chi connectivity index (χ0n) is 19.6. The second-order valence-corrected chi connectivity index (χ2v) is 8.60. The number of hydrogen-bond donors (Lipinski definition) is 0. The number of aryl methyl sites for hydroxylation is 1. The van der Waals surface area contributed by atoms with Crippen LogP contribution in [0.25, 0.3) is 32.8 Å². The maximum atomic E-state index is 14.7. The minimum Gasteiger partial charge on any atom is -0.256 e. The van der Waals surface area contributed by atoms with Crippen LogP contribution in [0, 0.1) is 48.1 Å². The molecule has 0 fully saturated rings. The molecular weight excluding hydrogens is 500 g/mol. The Hall–Kier alpha value is -4.75. The molecule has 5 aromatic rings. The maximum absolute atomic E-state index is 14.7. The van der Waals surface area contributed by atoms with Gasteiger partial charge in [-0.2, -0.15) is 13.2 Å². The van der Waals surface area contributed by atoms with Crippen LogP contribution in [0.5, 0.6) is 0 Å². The van der Waals surface area contributed by atoms with Gasteiger partial charge in [0.1, 0.15) is 11.6 Å². The van der Waals surface area contributed by atoms with Gasteiger partial charge in [-0.05, 0) is 71.1 Å². The summed E-state index contributed by atoms with van der Waals surface area (Å²) in [5.74, 6) is 3.99. The molecule has 5 rings (SSSR count). The molecule has 0 atom stereocenters. The highest BCUT2D eigenvalue weighted by atomic mass is 19.4. The van der Waals surface area contributed by atoms with Crippen LogP contribution >= 0.6 is 0 Å². The third kappa shape index (κ3) is 5.19. The van der Waals surface area contributed by atoms with Crippen LogP contribution in [0.3, 0.4) is 0 Å². The molecule has 0 amide bonds. The average Bonchev–Trinajstić information content (AvgIpc) is 2.86. The molecule has 0 spiro atoms. The van der Waals surface area contributed by atoms with Gasteiger partial charge in [-0.15, -0.1) is 0 Å². The van der Waals surface area contributed by atoms with E-state index in [-0.39, 0.29) is 10.9 Å². The number of hydrogen-bond acceptors (Lipinski definition) is 1. The Morgan fingerprint density at radius 3 is 2.13 bits per heavy atom. The number of nitrogens with zero attached hydrogens (tertiary/aromatic N) is 1. The van der Waals surface area contributed by atoms with Crippen molar-refractivity contribution in [2.45, 2.75) is 13.1 Å². The molecule has 186 valence electrons. The SMILES string of the molecule is Cc1ccc(-c2ccc3cc(C#Cc4cc(F)c5c(F)c(C#CC(F)(F)F)c(F)cc5c4)ccc3c2)nc1. The molecule has 0 aliphatic rings. The number of alkyl halides is 3. The van der Waals surface area contributed by atoms with E-state index in [2.05, 4.69) is 16.8 Å². The van der Waals surface area contributed by atoms with Crippen molar-refractivity contribution in [3.63, 3.8) is 0 Å². The molecule has 1 aromatic heterocycles. The summed E-state index contributed by atoms with van der Waals surface area (Å²) < 4.78 is 80.7. The van der Waals surface area contributed by atoms with Gasteiger partial charge in [0.25, 0.3) is 0 Å². The van der Waals surface area contributed by atoms with Gasteiger partial charge in [-0.3, -0.25) is 4.98 Å². The molecule has 0 aliphatic carbocycles. The van der Waals surface area contributed by atoms with Gasteiger partial charge in [0.15, 0.2) is 5.82 Å². The van der Waals surface area contributed by atoms with Crippen molar-refractivity contribution in [3.05, 3.63) is 113 Å². The van der Waals surface area contributed by atoms with E-state index in [1.165, 1.54) is 12.0 Å². The predicted molar refractivity (Wildman–Crippen MR) is 135 cm³/mol. The summed E-state index contributed by atoms with van der Waals surface area (Å²) in [4.78, 5) is 4.45. The van der Waals surface area contributed by atoms with Gasteiger partial charge in [-0.25, -0.2) is 13.2 Å². The normalized spacial score (nSPS) is 11.1. The smallest absolute Gasteiger partial charge is 0.256 e. The number of fused-ring (bicyclic) bond motifs is 2. The molecule has 0 saturated heterocycles. The molecule has 0 radical (unpaired) electrons. The van der Waals surface area contributed by atoms with Crippen LogP contribution in [0.15, 0.2) is 72.9 Å². The zero-order chi connectivity index (χ0) is 27.0. The van der Waals surface area contributed by atoms with Gasteiger partial charge in [0, 0.05) is 28.8 Å². The van der Waals surface area contributed by atoms with E-state index < -0.39 is 34.6 Å². The maximum Gasteiger partial charge on any atom is 0.458 e. The zero-order valence-corrected chi connectivity index (χ0v) is 19.6. The van der Waals surface area contributed by atoms with Crippen molar-refractivity contribution in [1.29, 1.82) is 0 Å². The minimum absolute atomic E-state index is 0.142. The van der Waals surface area contributed by atoms with Crippen LogP contribution in [-0.4, -0.2) is 11.2 Å². The third-order valence-electron chi connectivity index (χ3n) is 5.81. The van der Waals surface area contributed by atoms with Gasteiger partial charge in [0.05, 0.1) is 16.6 Å². The number of aromatic nitrogens is 1. The molecule has 0 bridgehead atoms. The van der Waals surface area contributed by atoms with E-state index >= 15 is 0 Å². The van der Waals surface area contributed by atoms with Crippen LogP contribution in [0.2, 0.25) is 0 Å². The summed E-state index contributed by atoms with van der Waals surface area (Å²) in [5, 5.41) is 1.06. The molecule has 1 heterocycles. The highest BCUT2D eigenvalue weighted by Crippen LogP contribution is 2.28. The van der Waals surface area contributed by atoms with Gasteiger partial charge in [0.2, 0.25) is 0 Å². The largest absolute Gasteiger partial charge is 0.458 e. The number of pyridine rings is 1. The van der Waals surface area contributed by atoms with Crippen molar-refractivity contribution in [3.8, 4) is 34.9 Å². The summed E-state index contributed by atoms with van der Waals surface area (Å²) in [6.45, 7) is 1.97. The number of halogens is 6. The standard InChI is InChI=1S/C31H15F6N/c1-18-2-9-28(38-17-18)23-8-7-21-12-19(5-6-22(21)15-23)3-4-20-13-24-16-26(32)25(10-11-31(35,36)37)30(34)29(24)27(33)14-20/h2,5-9,12-17H,1H3. The van der Waals surface area contributed by atoms with Crippen LogP contribution in [0.4, 0.5) is 26.3 Å². The van der Waals surface area contributed by atoms with Crippen molar-refractivity contribution in [1.82, 2.24) is 4.98 Å². The summed E-state index contributed by atoms with van der Waals surface area (Å²) >= 11 is 0. The lowest BCUT2D eigenvalue weighted by Crippen LogP contribution is -2.03. The topological polar surface area (TPSA) is 12.9 Å². The van der Waals surface area contributed by atoms with E-state index in [0.717, 1.165) is 45.6 Å². The second kappa shape index (κ2) is 9.61. The van der Waals surface area contributed by atoms with E-state index in [0.29, 0.717) is 5.56 Å². The summed E-state index contributed by atoms with van der Waals surface area (Å²) in [7, 11) is 0. The van der Waals surface area contributed by atoms with Gasteiger partial charge < -0.3 is 0 Å². The molecule has 0 aliphatic heterocycles. The van der Waals surface area contributed by atoms with E-state index in [1.54, 1.807) is 12.3 Å². The van der Waals surface area contributed by atoms with E-state index in [9.17, 15) is 26.3 Å². The molecule has 0 unspecified atom stereocenters. The molecule has 0 saturated carbocycles. The average molecular weight is 515 g/mol. The fourth-order valence-electron chi connectivity index (χ4n) is 4.00. The highest BCUT2D eigenvalue weighted by Gasteiger charge is 2.24. The first-order chi connectivity index (χ1) is 18.1. The highest BCUT2D eigenvalue weighted by molar-refractivity contribution is 5.89. The second-order valence-electron chi connectivity index (χ2n) is 8.60. The fraction of sp³-hybridized carbons (Fsp3) is 0.0645. The lowest BCUT2D eigenvalue weighted by Gasteiger charge is -2.06. The fourth-order valence-corrected chi connectivity index (χ4v) is 4.00. The molecule has 1 nitrogen and oxygen atoms in total. The summed E-state index contributed by atoms with van der Waals surface area (Å²) in [6.07, 6.45) is -3.15. The van der Waals surface area contributed by atoms with E-state index in [1.807, 2.05) is 49.4 Å². The lowest BCUT2D eigenvalue weighted by molar-refractivity contribution is -0.0696. The predicted octanol–water partition coefficient (Wildman–Crippen LogP) is 8.09. The van der Waals surface area contributed by atoms with Crippen molar-refractivity contribution < 1.29 is 26.3 Å². The minimum atomic E-state index is -4.95. The lowest BCUT2D eigenvalue weighted by atomic mass is 10.0. The Kier molecular flexibility index (Phi) is 6.30. The van der Waals surface area contributed by atoms with Crippen molar-refractivity contribution >= 4 is 21.5 Å². The Balaban J connectivity index is 1.47. The first-order valence-electron chi connectivity index (χ1n) is 11.3. The van der Waals surface area contributed by atoms with Crippen molar-refractivity contribution in [2.75, 3.05) is 0 Å². The molecule has 4 aromatic carbocycles. The van der Waals surface area contributed by atoms with E-state index in [4.69, 9.17) is 0 Å². The monoisotopic (exact) mass is 515 g/mol. The first kappa shape index (κ1) is 24.9. The number of rotatable bonds is 1. The third-order valence-corrected chi connectivity index (χ3v) is 5.81. The Morgan fingerprint density at radius 2 is 1.39 bits per heavy atom. The number of benzene rings is 4. The summed E-state index contributed by atoms with van der Waals surface area (Å²) in [6, 6.07) is 18.3. The molecular formula is C31H15F6N. The quantitative estimate of drug-likeness (QED) is 0.162. The first-order valence-corrected chi connectivity index (χ1v) is 11.3. The van der Waals surface area contributed by atoms with Gasteiger partial charge >= 0.3 is 6.18 Å². The summed E-state index contributed by atoms with van der Waals surface area (Å²) in [5.41, 5.74) is 2.52. The molecule has 7 heteroatoms. The Morgan fingerprint density at radius 1 is 0.684 bits per heavy atom. The van der Waals surface area contributed by atoms with Gasteiger partial charge in [-0.1, -0.05) is 42.0 Å². The Labute approximate surface area is 213 Å². The van der Waals surface area contributed by atoms with Crippen LogP contribution in [-0.2, 0) is 0 Å². The molecule has 0 N–H and O–H groups in total. The van der Waals surface area contributed by atoms with Crippen molar-refractivity contribution in [2.24, 2.45) is 0 Å². The molecule has 38 heavy (non-hydrogen) atoms. The Bertz CT molecular complexity index is 1850. The van der Waals surface area contributed by atoms with Crippen LogP contribution < -0.4 is 0 Å². The van der Waals surface area contributed by atoms with Crippen LogP contribution in [0.1, 0.15) is 22.3 Å².